The van der Waals surface area contributed by atoms with E-state index < -0.39 is 5.60 Å². The fourth-order valence-corrected chi connectivity index (χ4v) is 3.43. The predicted molar refractivity (Wildman–Crippen MR) is 101 cm³/mol. The van der Waals surface area contributed by atoms with Crippen molar-refractivity contribution in [3.63, 3.8) is 0 Å². The van der Waals surface area contributed by atoms with Crippen LogP contribution in [0.5, 0.6) is 0 Å². The Kier molecular flexibility index (Phi) is 5.74. The minimum absolute atomic E-state index is 0.00827. The molecular formula is C20H28N4O2. The fraction of sp³-hybridized carbons (Fsp3) is 0.500. The number of carbonyl (C=O) groups excluding carboxylic acids is 1. The molecule has 2 heterocycles. The van der Waals surface area contributed by atoms with E-state index in [1.54, 1.807) is 12.5 Å². The predicted octanol–water partition coefficient (Wildman–Crippen LogP) is 1.90. The number of hydrogen-bond acceptors (Lipinski definition) is 4. The third-order valence-corrected chi connectivity index (χ3v) is 5.14. The SMILES string of the molecule is Cc1ccc([C@H](C)NC(=O)CN2CCC(O)(Cn3ccnc3)CC2)cc1. The summed E-state index contributed by atoms with van der Waals surface area (Å²) in [5.74, 6) is 0.0260. The third kappa shape index (κ3) is 4.93. The summed E-state index contributed by atoms with van der Waals surface area (Å²) in [6.45, 7) is 6.42. The summed E-state index contributed by atoms with van der Waals surface area (Å²) in [5.41, 5.74) is 1.60. The molecule has 1 aliphatic heterocycles. The number of hydrogen-bond donors (Lipinski definition) is 2. The molecule has 0 bridgehead atoms. The first kappa shape index (κ1) is 18.6. The molecule has 0 aliphatic carbocycles. The summed E-state index contributed by atoms with van der Waals surface area (Å²) in [4.78, 5) is 18.5. The van der Waals surface area contributed by atoms with Crippen molar-refractivity contribution in [2.45, 2.75) is 44.9 Å². The highest BCUT2D eigenvalue weighted by Gasteiger charge is 2.33. The van der Waals surface area contributed by atoms with Crippen molar-refractivity contribution in [1.29, 1.82) is 0 Å². The minimum atomic E-state index is -0.719. The van der Waals surface area contributed by atoms with Crippen LogP contribution in [-0.4, -0.2) is 50.7 Å². The molecule has 2 aromatic rings. The Hall–Kier alpha value is -2.18. The minimum Gasteiger partial charge on any atom is -0.388 e. The summed E-state index contributed by atoms with van der Waals surface area (Å²) in [5, 5.41) is 13.8. The molecular weight excluding hydrogens is 328 g/mol. The van der Waals surface area contributed by atoms with Crippen LogP contribution < -0.4 is 5.32 Å². The van der Waals surface area contributed by atoms with Gasteiger partial charge >= 0.3 is 0 Å². The average Bonchev–Trinajstić information content (AvgIpc) is 3.10. The van der Waals surface area contributed by atoms with Gasteiger partial charge in [0.1, 0.15) is 0 Å². The molecule has 0 unspecified atom stereocenters. The van der Waals surface area contributed by atoms with Crippen LogP contribution in [0.15, 0.2) is 43.0 Å². The monoisotopic (exact) mass is 356 g/mol. The summed E-state index contributed by atoms with van der Waals surface area (Å²) < 4.78 is 1.91. The van der Waals surface area contributed by atoms with Gasteiger partial charge in [0, 0.05) is 25.5 Å². The maximum Gasteiger partial charge on any atom is 0.234 e. The summed E-state index contributed by atoms with van der Waals surface area (Å²) in [6, 6.07) is 8.22. The normalized spacial score (nSPS) is 18.4. The number of amides is 1. The molecule has 0 saturated carbocycles. The van der Waals surface area contributed by atoms with Crippen LogP contribution in [0, 0.1) is 6.92 Å². The maximum absolute atomic E-state index is 12.4. The van der Waals surface area contributed by atoms with Crippen LogP contribution in [-0.2, 0) is 11.3 Å². The third-order valence-electron chi connectivity index (χ3n) is 5.14. The second-order valence-corrected chi connectivity index (χ2v) is 7.44. The van der Waals surface area contributed by atoms with Crippen molar-refractivity contribution < 1.29 is 9.90 Å². The molecule has 1 fully saturated rings. The van der Waals surface area contributed by atoms with E-state index in [4.69, 9.17) is 0 Å². The molecule has 1 aliphatic rings. The Balaban J connectivity index is 1.45. The van der Waals surface area contributed by atoms with Gasteiger partial charge in [-0.25, -0.2) is 4.98 Å². The number of rotatable bonds is 6. The van der Waals surface area contributed by atoms with Gasteiger partial charge in [-0.1, -0.05) is 29.8 Å². The zero-order valence-electron chi connectivity index (χ0n) is 15.6. The smallest absolute Gasteiger partial charge is 0.234 e. The Morgan fingerprint density at radius 2 is 2.00 bits per heavy atom. The molecule has 0 spiro atoms. The number of aliphatic hydroxyl groups is 1. The lowest BCUT2D eigenvalue weighted by atomic mass is 9.91. The molecule has 6 nitrogen and oxygen atoms in total. The number of aromatic nitrogens is 2. The Bertz CT molecular complexity index is 704. The van der Waals surface area contributed by atoms with Crippen molar-refractivity contribution in [2.24, 2.45) is 0 Å². The summed E-state index contributed by atoms with van der Waals surface area (Å²) in [7, 11) is 0. The van der Waals surface area contributed by atoms with Crippen molar-refractivity contribution in [1.82, 2.24) is 19.8 Å². The highest BCUT2D eigenvalue weighted by atomic mass is 16.3. The van der Waals surface area contributed by atoms with Gasteiger partial charge in [0.15, 0.2) is 0 Å². The number of aryl methyl sites for hydroxylation is 1. The van der Waals surface area contributed by atoms with Crippen molar-refractivity contribution in [2.75, 3.05) is 19.6 Å². The number of likely N-dealkylation sites (tertiary alicyclic amines) is 1. The number of nitrogens with one attached hydrogen (secondary N) is 1. The average molecular weight is 356 g/mol. The van der Waals surface area contributed by atoms with Crippen molar-refractivity contribution in [3.8, 4) is 0 Å². The lowest BCUT2D eigenvalue weighted by Crippen LogP contribution is -2.49. The molecule has 2 N–H and O–H groups in total. The lowest BCUT2D eigenvalue weighted by Gasteiger charge is -2.38. The summed E-state index contributed by atoms with van der Waals surface area (Å²) >= 11 is 0. The van der Waals surface area contributed by atoms with Crippen LogP contribution in [0.25, 0.3) is 0 Å². The quantitative estimate of drug-likeness (QED) is 0.829. The Labute approximate surface area is 154 Å². The van der Waals surface area contributed by atoms with E-state index in [1.807, 2.05) is 17.7 Å². The van der Waals surface area contributed by atoms with Gasteiger partial charge in [0.25, 0.3) is 0 Å². The number of piperidine rings is 1. The zero-order chi connectivity index (χ0) is 18.6. The second-order valence-electron chi connectivity index (χ2n) is 7.44. The van der Waals surface area contributed by atoms with Gasteiger partial charge in [0.2, 0.25) is 5.91 Å². The summed E-state index contributed by atoms with van der Waals surface area (Å²) in [6.07, 6.45) is 6.63. The molecule has 1 aromatic heterocycles. The van der Waals surface area contributed by atoms with Gasteiger partial charge < -0.3 is 15.0 Å². The van der Waals surface area contributed by atoms with Crippen LogP contribution in [0.1, 0.15) is 36.9 Å². The van der Waals surface area contributed by atoms with Gasteiger partial charge in [-0.05, 0) is 32.3 Å². The topological polar surface area (TPSA) is 70.4 Å². The molecule has 3 rings (SSSR count). The van der Waals surface area contributed by atoms with Gasteiger partial charge in [-0.15, -0.1) is 0 Å². The Morgan fingerprint density at radius 1 is 1.31 bits per heavy atom. The van der Waals surface area contributed by atoms with Gasteiger partial charge in [0.05, 0.1) is 31.1 Å². The largest absolute Gasteiger partial charge is 0.388 e. The molecule has 1 amide bonds. The first-order valence-corrected chi connectivity index (χ1v) is 9.20. The number of imidazole rings is 1. The van der Waals surface area contributed by atoms with Crippen LogP contribution in [0.3, 0.4) is 0 Å². The van der Waals surface area contributed by atoms with Crippen LogP contribution >= 0.6 is 0 Å². The van der Waals surface area contributed by atoms with Crippen LogP contribution in [0.2, 0.25) is 0 Å². The van der Waals surface area contributed by atoms with Crippen molar-refractivity contribution in [3.05, 3.63) is 54.1 Å². The highest BCUT2D eigenvalue weighted by molar-refractivity contribution is 5.78. The number of benzene rings is 1. The first-order valence-electron chi connectivity index (χ1n) is 9.20. The molecule has 1 aromatic carbocycles. The standard InChI is InChI=1S/C20H28N4O2/c1-16-3-5-18(6-4-16)17(2)22-19(25)13-23-10-7-20(26,8-11-23)14-24-12-9-21-15-24/h3-6,9,12,15,17,26H,7-8,10-11,13-14H2,1-2H3,(H,22,25)/t17-/m0/s1. The molecule has 1 saturated heterocycles. The molecule has 1 atom stereocenters. The lowest BCUT2D eigenvalue weighted by molar-refractivity contribution is -0.124. The second kappa shape index (κ2) is 8.01. The van der Waals surface area contributed by atoms with E-state index in [2.05, 4.69) is 46.4 Å². The van der Waals surface area contributed by atoms with E-state index in [9.17, 15) is 9.90 Å². The Morgan fingerprint density at radius 3 is 2.62 bits per heavy atom. The van der Waals surface area contributed by atoms with E-state index >= 15 is 0 Å². The molecule has 26 heavy (non-hydrogen) atoms. The first-order chi connectivity index (χ1) is 12.4. The number of nitrogens with zero attached hydrogens (tertiary/aromatic N) is 3. The van der Waals surface area contributed by atoms with Gasteiger partial charge in [-0.3, -0.25) is 9.69 Å². The van der Waals surface area contributed by atoms with E-state index in [1.165, 1.54) is 5.56 Å². The fourth-order valence-electron chi connectivity index (χ4n) is 3.43. The van der Waals surface area contributed by atoms with E-state index in [-0.39, 0.29) is 11.9 Å². The number of carbonyl (C=O) groups is 1. The van der Waals surface area contributed by atoms with E-state index in [0.717, 1.165) is 18.7 Å². The zero-order valence-corrected chi connectivity index (χ0v) is 15.6. The van der Waals surface area contributed by atoms with Crippen LogP contribution in [0.4, 0.5) is 0 Å². The molecule has 6 heteroatoms. The molecule has 0 radical (unpaired) electrons. The highest BCUT2D eigenvalue weighted by Crippen LogP contribution is 2.24. The van der Waals surface area contributed by atoms with Gasteiger partial charge in [-0.2, -0.15) is 0 Å². The maximum atomic E-state index is 12.4. The molecule has 140 valence electrons. The van der Waals surface area contributed by atoms with Crippen molar-refractivity contribution >= 4 is 5.91 Å². The van der Waals surface area contributed by atoms with E-state index in [0.29, 0.717) is 25.9 Å².